The quantitative estimate of drug-likeness (QED) is 0.815. The zero-order valence-electron chi connectivity index (χ0n) is 14.6. The van der Waals surface area contributed by atoms with Gasteiger partial charge < -0.3 is 15.0 Å². The maximum Gasteiger partial charge on any atom is 0.324 e. The minimum absolute atomic E-state index is 0.0331. The van der Waals surface area contributed by atoms with Gasteiger partial charge in [0.1, 0.15) is 5.75 Å². The Morgan fingerprint density at radius 1 is 1.00 bits per heavy atom. The van der Waals surface area contributed by atoms with Crippen LogP contribution in [0.4, 0.5) is 4.79 Å². The van der Waals surface area contributed by atoms with Crippen molar-refractivity contribution >= 4 is 17.8 Å². The number of amides is 4. The molecule has 27 heavy (non-hydrogen) atoms. The van der Waals surface area contributed by atoms with Gasteiger partial charge in [-0.2, -0.15) is 0 Å². The molecule has 138 valence electrons. The predicted molar refractivity (Wildman–Crippen MR) is 98.0 cm³/mol. The van der Waals surface area contributed by atoms with Crippen molar-refractivity contribution < 1.29 is 19.1 Å². The van der Waals surface area contributed by atoms with Gasteiger partial charge in [0.25, 0.3) is 5.91 Å². The molecule has 2 aromatic rings. The van der Waals surface area contributed by atoms with Crippen LogP contribution >= 0.6 is 0 Å². The van der Waals surface area contributed by atoms with Crippen LogP contribution in [0.3, 0.4) is 0 Å². The topological polar surface area (TPSA) is 79.0 Å². The number of likely N-dealkylation sites (tertiary alicyclic amines) is 1. The van der Waals surface area contributed by atoms with Gasteiger partial charge in [0.2, 0.25) is 5.91 Å². The van der Waals surface area contributed by atoms with Gasteiger partial charge in [0.05, 0.1) is 12.6 Å². The van der Waals surface area contributed by atoms with Gasteiger partial charge in [-0.1, -0.05) is 42.5 Å². The molecule has 2 aliphatic rings. The zero-order valence-corrected chi connectivity index (χ0v) is 14.6. The number of urea groups is 1. The normalized spacial score (nSPS) is 16.9. The smallest absolute Gasteiger partial charge is 0.324 e. The van der Waals surface area contributed by atoms with Crippen LogP contribution in [0.2, 0.25) is 0 Å². The van der Waals surface area contributed by atoms with E-state index < -0.39 is 0 Å². The molecule has 0 spiro atoms. The van der Waals surface area contributed by atoms with Crippen LogP contribution in [0.5, 0.6) is 5.75 Å². The van der Waals surface area contributed by atoms with Crippen molar-refractivity contribution in [3.05, 3.63) is 54.6 Å². The summed E-state index contributed by atoms with van der Waals surface area (Å²) < 4.78 is 5.57. The molecule has 4 rings (SSSR count). The summed E-state index contributed by atoms with van der Waals surface area (Å²) in [6.45, 7) is 0.672. The Morgan fingerprint density at radius 3 is 2.30 bits per heavy atom. The van der Waals surface area contributed by atoms with Crippen molar-refractivity contribution in [1.82, 2.24) is 15.1 Å². The molecular formula is C20H19N3O4. The van der Waals surface area contributed by atoms with E-state index in [9.17, 15) is 14.4 Å². The molecule has 1 N–H and O–H groups in total. The molecule has 0 unspecified atom stereocenters. The molecule has 0 aliphatic carbocycles. The highest BCUT2D eigenvalue weighted by atomic mass is 16.5. The van der Waals surface area contributed by atoms with E-state index in [1.807, 2.05) is 54.6 Å². The van der Waals surface area contributed by atoms with E-state index in [0.29, 0.717) is 18.8 Å². The summed E-state index contributed by atoms with van der Waals surface area (Å²) in [7, 11) is 0. The average molecular weight is 365 g/mol. The molecular weight excluding hydrogens is 346 g/mol. The van der Waals surface area contributed by atoms with Gasteiger partial charge in [0.15, 0.2) is 6.61 Å². The van der Waals surface area contributed by atoms with Gasteiger partial charge in [0, 0.05) is 13.1 Å². The molecule has 7 nitrogen and oxygen atoms in total. The van der Waals surface area contributed by atoms with Crippen molar-refractivity contribution in [3.8, 4) is 16.9 Å². The lowest BCUT2D eigenvalue weighted by molar-refractivity contribution is -0.143. The highest BCUT2D eigenvalue weighted by Gasteiger charge is 2.42. The van der Waals surface area contributed by atoms with E-state index in [1.165, 1.54) is 4.90 Å². The Labute approximate surface area is 156 Å². The minimum atomic E-state index is -0.383. The van der Waals surface area contributed by atoms with Crippen LogP contribution in [-0.4, -0.2) is 59.9 Å². The van der Waals surface area contributed by atoms with Crippen LogP contribution in [-0.2, 0) is 9.59 Å². The standard InChI is InChI=1S/C20H19N3O4/c24-18-10-21-20(26)23(18)16-11-22(12-16)19(25)13-27-17-8-6-15(7-9-17)14-4-2-1-3-5-14/h1-9,16H,10-13H2,(H,21,26). The third-order valence-electron chi connectivity index (χ3n) is 4.78. The summed E-state index contributed by atoms with van der Waals surface area (Å²) in [4.78, 5) is 38.2. The molecule has 7 heteroatoms. The molecule has 2 aliphatic heterocycles. The summed E-state index contributed by atoms with van der Waals surface area (Å²) in [5.74, 6) is 0.214. The zero-order chi connectivity index (χ0) is 18.8. The second-order valence-corrected chi connectivity index (χ2v) is 6.55. The van der Waals surface area contributed by atoms with E-state index in [4.69, 9.17) is 4.74 Å². The van der Waals surface area contributed by atoms with Crippen LogP contribution < -0.4 is 10.1 Å². The minimum Gasteiger partial charge on any atom is -0.484 e. The van der Waals surface area contributed by atoms with Gasteiger partial charge >= 0.3 is 6.03 Å². The van der Waals surface area contributed by atoms with E-state index >= 15 is 0 Å². The lowest BCUT2D eigenvalue weighted by atomic mass is 10.1. The fourth-order valence-electron chi connectivity index (χ4n) is 3.24. The number of ether oxygens (including phenoxy) is 1. The predicted octanol–water partition coefficient (Wildman–Crippen LogP) is 1.49. The van der Waals surface area contributed by atoms with Gasteiger partial charge in [-0.25, -0.2) is 4.79 Å². The maximum atomic E-state index is 12.2. The fourth-order valence-corrected chi connectivity index (χ4v) is 3.24. The average Bonchev–Trinajstić information content (AvgIpc) is 2.99. The first-order valence-electron chi connectivity index (χ1n) is 8.78. The summed E-state index contributed by atoms with van der Waals surface area (Å²) in [5.41, 5.74) is 2.20. The molecule has 2 aromatic carbocycles. The molecule has 0 saturated carbocycles. The van der Waals surface area contributed by atoms with Crippen LogP contribution in [0, 0.1) is 0 Å². The van der Waals surface area contributed by atoms with Crippen LogP contribution in [0.15, 0.2) is 54.6 Å². The maximum absolute atomic E-state index is 12.2. The lowest BCUT2D eigenvalue weighted by Crippen LogP contribution is -2.63. The molecule has 0 radical (unpaired) electrons. The number of carbonyl (C=O) groups is 3. The second kappa shape index (κ2) is 7.11. The number of carbonyl (C=O) groups excluding carboxylic acids is 3. The van der Waals surface area contributed by atoms with Crippen LogP contribution in [0.25, 0.3) is 11.1 Å². The van der Waals surface area contributed by atoms with E-state index in [0.717, 1.165) is 11.1 Å². The van der Waals surface area contributed by atoms with Crippen molar-refractivity contribution in [2.24, 2.45) is 0 Å². The number of hydrogen-bond donors (Lipinski definition) is 1. The van der Waals surface area contributed by atoms with Gasteiger partial charge in [-0.05, 0) is 23.3 Å². The summed E-state index contributed by atoms with van der Waals surface area (Å²) in [5, 5.41) is 2.48. The lowest BCUT2D eigenvalue weighted by Gasteiger charge is -2.42. The van der Waals surface area contributed by atoms with Crippen molar-refractivity contribution in [1.29, 1.82) is 0 Å². The first-order chi connectivity index (χ1) is 13.1. The highest BCUT2D eigenvalue weighted by Crippen LogP contribution is 2.22. The molecule has 4 amide bonds. The molecule has 0 aromatic heterocycles. The number of nitrogens with one attached hydrogen (secondary N) is 1. The summed E-state index contributed by atoms with van der Waals surface area (Å²) in [6.07, 6.45) is 0. The summed E-state index contributed by atoms with van der Waals surface area (Å²) in [6, 6.07) is 17.0. The number of imide groups is 1. The molecule has 2 heterocycles. The number of benzene rings is 2. The van der Waals surface area contributed by atoms with E-state index in [2.05, 4.69) is 5.32 Å². The third-order valence-corrected chi connectivity index (χ3v) is 4.78. The van der Waals surface area contributed by atoms with E-state index in [1.54, 1.807) is 4.90 Å². The Hall–Kier alpha value is -3.35. The van der Waals surface area contributed by atoms with E-state index in [-0.39, 0.29) is 37.0 Å². The van der Waals surface area contributed by atoms with Crippen LogP contribution in [0.1, 0.15) is 0 Å². The Bertz CT molecular complexity index is 845. The molecule has 0 bridgehead atoms. The van der Waals surface area contributed by atoms with Gasteiger partial charge in [-0.15, -0.1) is 0 Å². The number of hydrogen-bond acceptors (Lipinski definition) is 4. The van der Waals surface area contributed by atoms with Gasteiger partial charge in [-0.3, -0.25) is 14.5 Å². The Balaban J connectivity index is 1.27. The highest BCUT2D eigenvalue weighted by molar-refractivity contribution is 6.02. The largest absolute Gasteiger partial charge is 0.484 e. The second-order valence-electron chi connectivity index (χ2n) is 6.55. The Kier molecular flexibility index (Phi) is 4.50. The summed E-state index contributed by atoms with van der Waals surface area (Å²) >= 11 is 0. The first-order valence-corrected chi connectivity index (χ1v) is 8.78. The molecule has 2 saturated heterocycles. The van der Waals surface area contributed by atoms with Crippen molar-refractivity contribution in [2.75, 3.05) is 26.2 Å². The van der Waals surface area contributed by atoms with Crippen molar-refractivity contribution in [3.63, 3.8) is 0 Å². The van der Waals surface area contributed by atoms with Crippen molar-refractivity contribution in [2.45, 2.75) is 6.04 Å². The third kappa shape index (κ3) is 3.48. The number of rotatable bonds is 5. The molecule has 2 fully saturated rings. The molecule has 0 atom stereocenters. The Morgan fingerprint density at radius 2 is 1.67 bits per heavy atom. The monoisotopic (exact) mass is 365 g/mol. The SMILES string of the molecule is O=C(COc1ccc(-c2ccccc2)cc1)N1CC(N2C(=O)CNC2=O)C1. The first kappa shape index (κ1) is 17.1. The fraction of sp³-hybridized carbons (Fsp3) is 0.250. The number of nitrogens with zero attached hydrogens (tertiary/aromatic N) is 2.